The molecule has 1 aliphatic rings. The molecule has 2 aromatic rings. The third-order valence-corrected chi connectivity index (χ3v) is 4.38. The van der Waals surface area contributed by atoms with E-state index in [-0.39, 0.29) is 5.91 Å². The van der Waals surface area contributed by atoms with Gasteiger partial charge in [-0.05, 0) is 39.5 Å². The number of anilines is 1. The molecule has 0 bridgehead atoms. The van der Waals surface area contributed by atoms with Crippen LogP contribution in [0.25, 0.3) is 0 Å². The lowest BCUT2D eigenvalue weighted by Gasteiger charge is -2.20. The molecule has 0 atom stereocenters. The normalized spacial score (nSPS) is 13.0. The monoisotopic (exact) mass is 375 g/mol. The van der Waals surface area contributed by atoms with E-state index in [1.807, 2.05) is 30.3 Å². The number of carbonyl (C=O) groups excluding carboxylic acids is 1. The van der Waals surface area contributed by atoms with Crippen LogP contribution in [-0.4, -0.2) is 19.1 Å². The average Bonchev–Trinajstić information content (AvgIpc) is 2.55. The van der Waals surface area contributed by atoms with Crippen molar-refractivity contribution >= 4 is 27.5 Å². The van der Waals surface area contributed by atoms with E-state index in [1.165, 1.54) is 5.56 Å². The van der Waals surface area contributed by atoms with Gasteiger partial charge in [-0.3, -0.25) is 4.79 Å². The van der Waals surface area contributed by atoms with Crippen molar-refractivity contribution in [3.63, 3.8) is 0 Å². The van der Waals surface area contributed by atoms with Gasteiger partial charge >= 0.3 is 0 Å². The van der Waals surface area contributed by atoms with Crippen molar-refractivity contribution in [3.05, 3.63) is 52.0 Å². The Morgan fingerprint density at radius 1 is 1.09 bits per heavy atom. The van der Waals surface area contributed by atoms with Crippen molar-refractivity contribution < 1.29 is 14.3 Å². The van der Waals surface area contributed by atoms with Crippen LogP contribution in [-0.2, 0) is 0 Å². The number of carbonyl (C=O) groups is 1. The van der Waals surface area contributed by atoms with Gasteiger partial charge in [0.25, 0.3) is 5.91 Å². The molecule has 23 heavy (non-hydrogen) atoms. The fourth-order valence-electron chi connectivity index (χ4n) is 2.37. The van der Waals surface area contributed by atoms with Crippen LogP contribution in [0.5, 0.6) is 11.5 Å². The van der Waals surface area contributed by atoms with Crippen LogP contribution < -0.4 is 14.8 Å². The molecular formula is C18H18BrNO3. The van der Waals surface area contributed by atoms with Gasteiger partial charge in [0, 0.05) is 22.2 Å². The van der Waals surface area contributed by atoms with Gasteiger partial charge in [0.05, 0.1) is 5.69 Å². The van der Waals surface area contributed by atoms with Crippen LogP contribution in [0.2, 0.25) is 0 Å². The summed E-state index contributed by atoms with van der Waals surface area (Å²) in [6.45, 7) is 5.30. The van der Waals surface area contributed by atoms with Gasteiger partial charge in [-0.25, -0.2) is 0 Å². The lowest BCUT2D eigenvalue weighted by molar-refractivity contribution is 0.102. The zero-order chi connectivity index (χ0) is 16.4. The highest BCUT2D eigenvalue weighted by atomic mass is 79.9. The van der Waals surface area contributed by atoms with Gasteiger partial charge in [-0.15, -0.1) is 0 Å². The summed E-state index contributed by atoms with van der Waals surface area (Å²) in [5.74, 6) is 1.61. The molecule has 0 aromatic heterocycles. The van der Waals surface area contributed by atoms with Crippen molar-refractivity contribution in [1.82, 2.24) is 0 Å². The maximum atomic E-state index is 12.4. The molecule has 0 saturated heterocycles. The molecule has 0 unspecified atom stereocenters. The number of fused-ring (bicyclic) bond motifs is 1. The SMILES string of the molecule is CC(C)c1ccc(C(=O)Nc2cc3c(cc2Br)OCCO3)cc1. The first-order chi connectivity index (χ1) is 11.0. The Labute approximate surface area is 143 Å². The van der Waals surface area contributed by atoms with Gasteiger partial charge in [0.2, 0.25) is 0 Å². The van der Waals surface area contributed by atoms with E-state index in [9.17, 15) is 4.79 Å². The molecule has 0 fully saturated rings. The number of halogens is 1. The first kappa shape index (κ1) is 15.9. The molecule has 3 rings (SSSR count). The Bertz CT molecular complexity index is 726. The lowest BCUT2D eigenvalue weighted by Crippen LogP contribution is -2.17. The third kappa shape index (κ3) is 3.50. The number of amides is 1. The highest BCUT2D eigenvalue weighted by Crippen LogP contribution is 2.38. The maximum Gasteiger partial charge on any atom is 0.255 e. The highest BCUT2D eigenvalue weighted by Gasteiger charge is 2.16. The predicted molar refractivity (Wildman–Crippen MR) is 93.6 cm³/mol. The number of hydrogen-bond acceptors (Lipinski definition) is 3. The number of benzene rings is 2. The molecule has 1 N–H and O–H groups in total. The molecule has 1 aliphatic heterocycles. The zero-order valence-corrected chi connectivity index (χ0v) is 14.6. The molecular weight excluding hydrogens is 358 g/mol. The Balaban J connectivity index is 1.79. The summed E-state index contributed by atoms with van der Waals surface area (Å²) in [4.78, 5) is 12.4. The Hall–Kier alpha value is -2.01. The Morgan fingerprint density at radius 3 is 2.30 bits per heavy atom. The largest absolute Gasteiger partial charge is 0.486 e. The van der Waals surface area contributed by atoms with E-state index >= 15 is 0 Å². The Kier molecular flexibility index (Phi) is 4.57. The molecule has 1 heterocycles. The summed E-state index contributed by atoms with van der Waals surface area (Å²) in [5.41, 5.74) is 2.49. The van der Waals surface area contributed by atoms with Gasteiger partial charge in [0.1, 0.15) is 13.2 Å². The van der Waals surface area contributed by atoms with Crippen LogP contribution in [0.3, 0.4) is 0 Å². The highest BCUT2D eigenvalue weighted by molar-refractivity contribution is 9.10. The molecule has 4 nitrogen and oxygen atoms in total. The summed E-state index contributed by atoms with van der Waals surface area (Å²) in [7, 11) is 0. The number of hydrogen-bond donors (Lipinski definition) is 1. The number of rotatable bonds is 3. The number of nitrogens with one attached hydrogen (secondary N) is 1. The molecule has 2 aromatic carbocycles. The molecule has 0 spiro atoms. The number of ether oxygens (including phenoxy) is 2. The summed E-state index contributed by atoms with van der Waals surface area (Å²) in [6, 6.07) is 11.2. The van der Waals surface area contributed by atoms with Crippen LogP contribution >= 0.6 is 15.9 Å². The first-order valence-electron chi connectivity index (χ1n) is 7.55. The molecule has 0 radical (unpaired) electrons. The first-order valence-corrected chi connectivity index (χ1v) is 8.34. The van der Waals surface area contributed by atoms with Crippen molar-refractivity contribution in [2.45, 2.75) is 19.8 Å². The molecule has 1 amide bonds. The molecule has 5 heteroatoms. The van der Waals surface area contributed by atoms with Crippen LogP contribution in [0.4, 0.5) is 5.69 Å². The van der Waals surface area contributed by atoms with Crippen LogP contribution in [0.1, 0.15) is 35.7 Å². The quantitative estimate of drug-likeness (QED) is 0.852. The Morgan fingerprint density at radius 2 is 1.70 bits per heavy atom. The third-order valence-electron chi connectivity index (χ3n) is 3.72. The predicted octanol–water partition coefficient (Wildman–Crippen LogP) is 4.60. The van der Waals surface area contributed by atoms with Gasteiger partial charge in [0.15, 0.2) is 11.5 Å². The smallest absolute Gasteiger partial charge is 0.255 e. The standard InChI is InChI=1S/C18H18BrNO3/c1-11(2)12-3-5-13(6-4-12)18(21)20-15-10-17-16(9-14(15)19)22-7-8-23-17/h3-6,9-11H,7-8H2,1-2H3,(H,20,21). The van der Waals surface area contributed by atoms with Crippen molar-refractivity contribution in [2.75, 3.05) is 18.5 Å². The minimum absolute atomic E-state index is 0.155. The average molecular weight is 376 g/mol. The van der Waals surface area contributed by atoms with E-state index in [0.717, 1.165) is 4.47 Å². The van der Waals surface area contributed by atoms with Crippen LogP contribution in [0, 0.1) is 0 Å². The van der Waals surface area contributed by atoms with E-state index in [0.29, 0.717) is 41.9 Å². The van der Waals surface area contributed by atoms with E-state index in [4.69, 9.17) is 9.47 Å². The minimum atomic E-state index is -0.155. The van der Waals surface area contributed by atoms with Crippen LogP contribution in [0.15, 0.2) is 40.9 Å². The second kappa shape index (κ2) is 6.62. The van der Waals surface area contributed by atoms with E-state index in [1.54, 1.807) is 6.07 Å². The topological polar surface area (TPSA) is 47.6 Å². The molecule has 0 aliphatic carbocycles. The molecule has 120 valence electrons. The second-order valence-corrected chi connectivity index (χ2v) is 6.56. The molecule has 0 saturated carbocycles. The zero-order valence-electron chi connectivity index (χ0n) is 13.1. The fraction of sp³-hybridized carbons (Fsp3) is 0.278. The summed E-state index contributed by atoms with van der Waals surface area (Å²) in [5, 5.41) is 2.90. The maximum absolute atomic E-state index is 12.4. The second-order valence-electron chi connectivity index (χ2n) is 5.71. The van der Waals surface area contributed by atoms with Gasteiger partial charge in [-0.1, -0.05) is 26.0 Å². The summed E-state index contributed by atoms with van der Waals surface area (Å²) in [6.07, 6.45) is 0. The fourth-order valence-corrected chi connectivity index (χ4v) is 2.80. The lowest BCUT2D eigenvalue weighted by atomic mass is 10.0. The minimum Gasteiger partial charge on any atom is -0.486 e. The van der Waals surface area contributed by atoms with Gasteiger partial charge < -0.3 is 14.8 Å². The summed E-state index contributed by atoms with van der Waals surface area (Å²) < 4.78 is 11.8. The van der Waals surface area contributed by atoms with E-state index in [2.05, 4.69) is 35.1 Å². The summed E-state index contributed by atoms with van der Waals surface area (Å²) >= 11 is 3.46. The van der Waals surface area contributed by atoms with Crippen molar-refractivity contribution in [1.29, 1.82) is 0 Å². The van der Waals surface area contributed by atoms with E-state index < -0.39 is 0 Å². The van der Waals surface area contributed by atoms with Crippen molar-refractivity contribution in [2.24, 2.45) is 0 Å². The van der Waals surface area contributed by atoms with Gasteiger partial charge in [-0.2, -0.15) is 0 Å². The van der Waals surface area contributed by atoms with Crippen molar-refractivity contribution in [3.8, 4) is 11.5 Å².